The molecule has 3 N–H and O–H groups in total. The highest BCUT2D eigenvalue weighted by molar-refractivity contribution is 6.02. The van der Waals surface area contributed by atoms with Gasteiger partial charge in [-0.3, -0.25) is 9.59 Å². The minimum atomic E-state index is -0.500. The summed E-state index contributed by atoms with van der Waals surface area (Å²) in [6, 6.07) is 14.5. The third kappa shape index (κ3) is 6.64. The van der Waals surface area contributed by atoms with Crippen LogP contribution in [0.4, 0.5) is 5.69 Å². The molecule has 2 rings (SSSR count). The average Bonchev–Trinajstić information content (AvgIpc) is 2.66. The van der Waals surface area contributed by atoms with Gasteiger partial charge in [-0.25, -0.2) is 0 Å². The fraction of sp³-hybridized carbons (Fsp3) is 0.263. The van der Waals surface area contributed by atoms with Gasteiger partial charge in [-0.15, -0.1) is 0 Å². The molecule has 0 aliphatic heterocycles. The Balaban J connectivity index is 0.000000705. The summed E-state index contributed by atoms with van der Waals surface area (Å²) in [6.45, 7) is 2.61. The molecule has 0 radical (unpaired) electrons. The first-order valence-electron chi connectivity index (χ1n) is 7.82. The van der Waals surface area contributed by atoms with Crippen molar-refractivity contribution in [3.05, 3.63) is 54.1 Å². The SMILES string of the molecule is CCOC.COC(=O)CNC(=O)c1ccc(N)cc1-c1ccccc1. The van der Waals surface area contributed by atoms with Crippen molar-refractivity contribution in [3.63, 3.8) is 0 Å². The maximum absolute atomic E-state index is 12.2. The van der Waals surface area contributed by atoms with Crippen LogP contribution < -0.4 is 11.1 Å². The molecule has 134 valence electrons. The van der Waals surface area contributed by atoms with Gasteiger partial charge < -0.3 is 20.5 Å². The Hall–Kier alpha value is -2.86. The largest absolute Gasteiger partial charge is 0.468 e. The molecule has 25 heavy (non-hydrogen) atoms. The monoisotopic (exact) mass is 344 g/mol. The van der Waals surface area contributed by atoms with Gasteiger partial charge in [-0.2, -0.15) is 0 Å². The van der Waals surface area contributed by atoms with Gasteiger partial charge in [0.1, 0.15) is 6.54 Å². The molecule has 0 aromatic heterocycles. The fourth-order valence-corrected chi connectivity index (χ4v) is 1.94. The minimum Gasteiger partial charge on any atom is -0.468 e. The summed E-state index contributed by atoms with van der Waals surface area (Å²) in [5, 5.41) is 2.52. The van der Waals surface area contributed by atoms with Gasteiger partial charge in [0.25, 0.3) is 5.91 Å². The van der Waals surface area contributed by atoms with Gasteiger partial charge in [-0.1, -0.05) is 30.3 Å². The van der Waals surface area contributed by atoms with Crippen molar-refractivity contribution in [2.75, 3.05) is 33.1 Å². The number of esters is 1. The van der Waals surface area contributed by atoms with E-state index < -0.39 is 5.97 Å². The number of ether oxygens (including phenoxy) is 2. The highest BCUT2D eigenvalue weighted by Gasteiger charge is 2.14. The predicted octanol–water partition coefficient (Wildman–Crippen LogP) is 2.49. The smallest absolute Gasteiger partial charge is 0.325 e. The van der Waals surface area contributed by atoms with E-state index in [2.05, 4.69) is 14.8 Å². The number of nitrogens with two attached hydrogens (primary N) is 1. The first-order chi connectivity index (χ1) is 12.0. The molecule has 2 aromatic rings. The van der Waals surface area contributed by atoms with Crippen LogP contribution in [0.2, 0.25) is 0 Å². The van der Waals surface area contributed by atoms with Crippen molar-refractivity contribution in [2.45, 2.75) is 6.92 Å². The summed E-state index contributed by atoms with van der Waals surface area (Å²) in [6.07, 6.45) is 0. The summed E-state index contributed by atoms with van der Waals surface area (Å²) >= 11 is 0. The van der Waals surface area contributed by atoms with E-state index in [1.807, 2.05) is 37.3 Å². The van der Waals surface area contributed by atoms with E-state index in [9.17, 15) is 9.59 Å². The van der Waals surface area contributed by atoms with E-state index in [4.69, 9.17) is 5.73 Å². The molecule has 6 heteroatoms. The lowest BCUT2D eigenvalue weighted by Gasteiger charge is -2.11. The molecule has 2 aromatic carbocycles. The second-order valence-electron chi connectivity index (χ2n) is 5.01. The zero-order valence-corrected chi connectivity index (χ0v) is 14.7. The van der Waals surface area contributed by atoms with E-state index >= 15 is 0 Å². The number of nitrogen functional groups attached to an aromatic ring is 1. The van der Waals surface area contributed by atoms with Gasteiger partial charge >= 0.3 is 5.97 Å². The summed E-state index contributed by atoms with van der Waals surface area (Å²) in [7, 11) is 2.95. The number of carbonyl (C=O) groups excluding carboxylic acids is 2. The molecule has 0 fully saturated rings. The van der Waals surface area contributed by atoms with Crippen LogP contribution in [0.15, 0.2) is 48.5 Å². The number of carbonyl (C=O) groups is 2. The lowest BCUT2D eigenvalue weighted by Crippen LogP contribution is -2.30. The van der Waals surface area contributed by atoms with Crippen LogP contribution in [-0.4, -0.2) is 39.2 Å². The van der Waals surface area contributed by atoms with E-state index in [-0.39, 0.29) is 12.5 Å². The average molecular weight is 344 g/mol. The number of anilines is 1. The molecule has 1 amide bonds. The van der Waals surface area contributed by atoms with Crippen LogP contribution in [-0.2, 0) is 14.3 Å². The van der Waals surface area contributed by atoms with Crippen molar-refractivity contribution in [2.24, 2.45) is 0 Å². The molecule has 0 unspecified atom stereocenters. The molecule has 0 bridgehead atoms. The third-order valence-corrected chi connectivity index (χ3v) is 3.28. The van der Waals surface area contributed by atoms with Crippen molar-refractivity contribution >= 4 is 17.6 Å². The Kier molecular flexibility index (Phi) is 8.74. The highest BCUT2D eigenvalue weighted by atomic mass is 16.5. The predicted molar refractivity (Wildman–Crippen MR) is 98.2 cm³/mol. The van der Waals surface area contributed by atoms with E-state index in [0.717, 1.165) is 17.7 Å². The van der Waals surface area contributed by atoms with Crippen molar-refractivity contribution in [1.29, 1.82) is 0 Å². The Bertz CT molecular complexity index is 685. The van der Waals surface area contributed by atoms with Gasteiger partial charge in [-0.05, 0) is 36.2 Å². The normalized spacial score (nSPS) is 9.56. The molecule has 0 saturated heterocycles. The second kappa shape index (κ2) is 10.8. The lowest BCUT2D eigenvalue weighted by molar-refractivity contribution is -0.139. The van der Waals surface area contributed by atoms with Gasteiger partial charge in [0.2, 0.25) is 0 Å². The molecular formula is C19H24N2O4. The Labute approximate surface area is 147 Å². The van der Waals surface area contributed by atoms with Crippen molar-refractivity contribution in [1.82, 2.24) is 5.32 Å². The summed E-state index contributed by atoms with van der Waals surface area (Å²) < 4.78 is 9.04. The maximum atomic E-state index is 12.2. The zero-order valence-electron chi connectivity index (χ0n) is 14.7. The van der Waals surface area contributed by atoms with Crippen LogP contribution in [0.1, 0.15) is 17.3 Å². The maximum Gasteiger partial charge on any atom is 0.325 e. The first kappa shape index (κ1) is 20.2. The Morgan fingerprint density at radius 1 is 1.08 bits per heavy atom. The molecule has 6 nitrogen and oxygen atoms in total. The summed E-state index contributed by atoms with van der Waals surface area (Å²) in [5.74, 6) is -0.848. The lowest BCUT2D eigenvalue weighted by atomic mass is 9.98. The molecule has 0 spiro atoms. The molecular weight excluding hydrogens is 320 g/mol. The van der Waals surface area contributed by atoms with Crippen molar-refractivity contribution in [3.8, 4) is 11.1 Å². The standard InChI is InChI=1S/C16H16N2O3.C3H8O/c1-21-15(19)10-18-16(20)13-8-7-12(17)9-14(13)11-5-3-2-4-6-11;1-3-4-2/h2-9H,10,17H2,1H3,(H,18,20);3H2,1-2H3. The van der Waals surface area contributed by atoms with Crippen LogP contribution in [0.5, 0.6) is 0 Å². The zero-order chi connectivity index (χ0) is 18.7. The Morgan fingerprint density at radius 2 is 1.72 bits per heavy atom. The first-order valence-corrected chi connectivity index (χ1v) is 7.82. The van der Waals surface area contributed by atoms with Crippen LogP contribution in [0.25, 0.3) is 11.1 Å². The van der Waals surface area contributed by atoms with Gasteiger partial charge in [0.15, 0.2) is 0 Å². The van der Waals surface area contributed by atoms with Crippen LogP contribution in [0.3, 0.4) is 0 Å². The van der Waals surface area contributed by atoms with E-state index in [0.29, 0.717) is 11.3 Å². The quantitative estimate of drug-likeness (QED) is 0.642. The van der Waals surface area contributed by atoms with Crippen LogP contribution >= 0.6 is 0 Å². The summed E-state index contributed by atoms with van der Waals surface area (Å²) in [4.78, 5) is 23.3. The topological polar surface area (TPSA) is 90.6 Å². The highest BCUT2D eigenvalue weighted by Crippen LogP contribution is 2.25. The number of rotatable bonds is 5. The molecule has 0 aliphatic carbocycles. The van der Waals surface area contributed by atoms with E-state index in [1.54, 1.807) is 25.3 Å². The van der Waals surface area contributed by atoms with Crippen LogP contribution in [0, 0.1) is 0 Å². The number of hydrogen-bond donors (Lipinski definition) is 2. The third-order valence-electron chi connectivity index (χ3n) is 3.28. The van der Waals surface area contributed by atoms with E-state index in [1.165, 1.54) is 7.11 Å². The van der Waals surface area contributed by atoms with Crippen molar-refractivity contribution < 1.29 is 19.1 Å². The molecule has 0 aliphatic rings. The molecule has 0 saturated carbocycles. The number of hydrogen-bond acceptors (Lipinski definition) is 5. The molecule has 0 atom stereocenters. The van der Waals surface area contributed by atoms with Gasteiger partial charge in [0, 0.05) is 25.0 Å². The number of nitrogens with one attached hydrogen (secondary N) is 1. The number of benzene rings is 2. The second-order valence-corrected chi connectivity index (χ2v) is 5.01. The Morgan fingerprint density at radius 3 is 2.28 bits per heavy atom. The summed E-state index contributed by atoms with van der Waals surface area (Å²) in [5.41, 5.74) is 8.43. The number of amides is 1. The fourth-order valence-electron chi connectivity index (χ4n) is 1.94. The minimum absolute atomic E-state index is 0.173. The number of methoxy groups -OCH3 is 2. The van der Waals surface area contributed by atoms with Gasteiger partial charge in [0.05, 0.1) is 7.11 Å². The molecule has 0 heterocycles.